The molecule has 1 heterocycles. The molecule has 3 rings (SSSR count). The van der Waals surface area contributed by atoms with Crippen LogP contribution in [-0.4, -0.2) is 37.1 Å². The van der Waals surface area contributed by atoms with Crippen molar-refractivity contribution in [3.8, 4) is 0 Å². The van der Waals surface area contributed by atoms with E-state index in [9.17, 15) is 13.2 Å². The Kier molecular flexibility index (Phi) is 5.06. The van der Waals surface area contributed by atoms with Gasteiger partial charge in [-0.3, -0.25) is 4.79 Å². The van der Waals surface area contributed by atoms with Crippen LogP contribution in [0.4, 0.5) is 11.5 Å². The highest BCUT2D eigenvalue weighted by atomic mass is 35.5. The molecule has 0 saturated carbocycles. The van der Waals surface area contributed by atoms with Crippen molar-refractivity contribution >= 4 is 49.8 Å². The van der Waals surface area contributed by atoms with Crippen molar-refractivity contribution in [2.45, 2.75) is 4.90 Å². The molecule has 0 spiro atoms. The molecular formula is C17H15ClN4O3S. The summed E-state index contributed by atoms with van der Waals surface area (Å²) in [5, 5.41) is 6.74. The fourth-order valence-corrected chi connectivity index (χ4v) is 3.08. The molecule has 0 bridgehead atoms. The molecule has 0 aliphatic heterocycles. The van der Waals surface area contributed by atoms with Crippen LogP contribution in [0.5, 0.6) is 0 Å². The largest absolute Gasteiger partial charge is 0.360 e. The molecule has 0 radical (unpaired) electrons. The zero-order chi connectivity index (χ0) is 18.7. The third-order valence-corrected chi connectivity index (χ3v) is 4.94. The minimum Gasteiger partial charge on any atom is -0.360 e. The predicted octanol–water partition coefficient (Wildman–Crippen LogP) is 2.74. The van der Waals surface area contributed by atoms with E-state index in [4.69, 9.17) is 11.6 Å². The SMILES string of the molecule is CS(=O)(=O)c1ccc2ncnc(NCC(=O)Nc3ccc(Cl)cc3)c2c1. The lowest BCUT2D eigenvalue weighted by Crippen LogP contribution is -2.22. The molecule has 1 aromatic heterocycles. The lowest BCUT2D eigenvalue weighted by molar-refractivity contribution is -0.114. The molecule has 26 heavy (non-hydrogen) atoms. The summed E-state index contributed by atoms with van der Waals surface area (Å²) in [4.78, 5) is 20.5. The number of aromatic nitrogens is 2. The minimum absolute atomic E-state index is 0.0438. The molecule has 1 amide bonds. The second-order valence-electron chi connectivity index (χ2n) is 5.58. The fourth-order valence-electron chi connectivity index (χ4n) is 2.31. The molecule has 0 fully saturated rings. The van der Waals surface area contributed by atoms with Crippen LogP contribution < -0.4 is 10.6 Å². The summed E-state index contributed by atoms with van der Waals surface area (Å²) in [5.41, 5.74) is 1.20. The quantitative estimate of drug-likeness (QED) is 0.694. The van der Waals surface area contributed by atoms with Crippen molar-refractivity contribution in [3.63, 3.8) is 0 Å². The van der Waals surface area contributed by atoms with Crippen LogP contribution in [0, 0.1) is 0 Å². The van der Waals surface area contributed by atoms with Gasteiger partial charge in [0.15, 0.2) is 9.84 Å². The van der Waals surface area contributed by atoms with Gasteiger partial charge in [0.1, 0.15) is 12.1 Å². The third-order valence-electron chi connectivity index (χ3n) is 3.58. The molecule has 9 heteroatoms. The maximum atomic E-state index is 12.1. The maximum absolute atomic E-state index is 12.1. The standard InChI is InChI=1S/C17H15ClN4O3S/c1-26(24,25)13-6-7-15-14(8-13)17(21-10-20-15)19-9-16(23)22-12-4-2-11(18)3-5-12/h2-8,10H,9H2,1H3,(H,22,23)(H,19,20,21). The monoisotopic (exact) mass is 390 g/mol. The highest BCUT2D eigenvalue weighted by molar-refractivity contribution is 7.90. The van der Waals surface area contributed by atoms with E-state index in [1.54, 1.807) is 30.3 Å². The normalized spacial score (nSPS) is 11.3. The number of sulfone groups is 1. The molecule has 0 aliphatic carbocycles. The molecule has 3 aromatic rings. The molecule has 0 aliphatic rings. The van der Waals surface area contributed by atoms with Gasteiger partial charge in [-0.05, 0) is 42.5 Å². The first-order chi connectivity index (χ1) is 12.3. The van der Waals surface area contributed by atoms with Crippen molar-refractivity contribution in [1.29, 1.82) is 0 Å². The summed E-state index contributed by atoms with van der Waals surface area (Å²) in [6, 6.07) is 11.3. The van der Waals surface area contributed by atoms with Crippen molar-refractivity contribution in [3.05, 3.63) is 53.8 Å². The van der Waals surface area contributed by atoms with Crippen LogP contribution in [0.2, 0.25) is 5.02 Å². The molecule has 2 N–H and O–H groups in total. The second kappa shape index (κ2) is 7.27. The summed E-state index contributed by atoms with van der Waals surface area (Å²) in [6.07, 6.45) is 2.48. The van der Waals surface area contributed by atoms with E-state index in [0.29, 0.717) is 27.4 Å². The molecule has 0 atom stereocenters. The van der Waals surface area contributed by atoms with E-state index in [2.05, 4.69) is 20.6 Å². The Morgan fingerprint density at radius 2 is 1.85 bits per heavy atom. The Balaban J connectivity index is 1.77. The summed E-state index contributed by atoms with van der Waals surface area (Å²) >= 11 is 5.81. The Hall–Kier alpha value is -2.71. The number of nitrogens with zero attached hydrogens (tertiary/aromatic N) is 2. The average Bonchev–Trinajstić information content (AvgIpc) is 2.60. The number of hydrogen-bond acceptors (Lipinski definition) is 6. The smallest absolute Gasteiger partial charge is 0.243 e. The number of carbonyl (C=O) groups is 1. The van der Waals surface area contributed by atoms with Gasteiger partial charge in [-0.2, -0.15) is 0 Å². The van der Waals surface area contributed by atoms with Gasteiger partial charge >= 0.3 is 0 Å². The van der Waals surface area contributed by atoms with E-state index in [-0.39, 0.29) is 17.3 Å². The minimum atomic E-state index is -3.36. The first-order valence-corrected chi connectivity index (χ1v) is 9.84. The van der Waals surface area contributed by atoms with Gasteiger partial charge in [0.2, 0.25) is 5.91 Å². The predicted molar refractivity (Wildman–Crippen MR) is 101 cm³/mol. The number of carbonyl (C=O) groups excluding carboxylic acids is 1. The van der Waals surface area contributed by atoms with E-state index in [1.165, 1.54) is 18.5 Å². The summed E-state index contributed by atoms with van der Waals surface area (Å²) in [6.45, 7) is -0.0438. The van der Waals surface area contributed by atoms with Gasteiger partial charge < -0.3 is 10.6 Å². The number of benzene rings is 2. The molecule has 7 nitrogen and oxygen atoms in total. The zero-order valence-electron chi connectivity index (χ0n) is 13.7. The van der Waals surface area contributed by atoms with E-state index >= 15 is 0 Å². The molecular weight excluding hydrogens is 376 g/mol. The number of amides is 1. The zero-order valence-corrected chi connectivity index (χ0v) is 15.3. The van der Waals surface area contributed by atoms with Gasteiger partial charge in [0, 0.05) is 22.4 Å². The van der Waals surface area contributed by atoms with Gasteiger partial charge in [-0.25, -0.2) is 18.4 Å². The van der Waals surface area contributed by atoms with Crippen LogP contribution in [0.1, 0.15) is 0 Å². The van der Waals surface area contributed by atoms with Crippen LogP contribution >= 0.6 is 11.6 Å². The highest BCUT2D eigenvalue weighted by Crippen LogP contribution is 2.23. The summed E-state index contributed by atoms with van der Waals surface area (Å²) in [5.74, 6) is 0.102. The van der Waals surface area contributed by atoms with Crippen molar-refractivity contribution < 1.29 is 13.2 Å². The number of rotatable bonds is 5. The van der Waals surface area contributed by atoms with E-state index in [1.807, 2.05) is 0 Å². The number of anilines is 2. The number of nitrogens with one attached hydrogen (secondary N) is 2. The van der Waals surface area contributed by atoms with Crippen molar-refractivity contribution in [2.24, 2.45) is 0 Å². The first-order valence-electron chi connectivity index (χ1n) is 7.57. The van der Waals surface area contributed by atoms with Crippen LogP contribution in [-0.2, 0) is 14.6 Å². The Morgan fingerprint density at radius 1 is 1.12 bits per heavy atom. The molecule has 0 unspecified atom stereocenters. The second-order valence-corrected chi connectivity index (χ2v) is 8.03. The maximum Gasteiger partial charge on any atom is 0.243 e. The summed E-state index contributed by atoms with van der Waals surface area (Å²) < 4.78 is 23.5. The van der Waals surface area contributed by atoms with Crippen LogP contribution in [0.25, 0.3) is 10.9 Å². The lowest BCUT2D eigenvalue weighted by Gasteiger charge is -2.10. The molecule has 0 saturated heterocycles. The summed E-state index contributed by atoms with van der Waals surface area (Å²) in [7, 11) is -3.36. The van der Waals surface area contributed by atoms with Crippen LogP contribution in [0.3, 0.4) is 0 Å². The van der Waals surface area contributed by atoms with E-state index in [0.717, 1.165) is 6.26 Å². The van der Waals surface area contributed by atoms with Gasteiger partial charge in [0.05, 0.1) is 17.0 Å². The van der Waals surface area contributed by atoms with Gasteiger partial charge in [-0.1, -0.05) is 11.6 Å². The fraction of sp³-hybridized carbons (Fsp3) is 0.118. The van der Waals surface area contributed by atoms with E-state index < -0.39 is 9.84 Å². The Labute approximate surface area is 155 Å². The van der Waals surface area contributed by atoms with Gasteiger partial charge in [-0.15, -0.1) is 0 Å². The van der Waals surface area contributed by atoms with Crippen molar-refractivity contribution in [1.82, 2.24) is 9.97 Å². The number of fused-ring (bicyclic) bond motifs is 1. The average molecular weight is 391 g/mol. The van der Waals surface area contributed by atoms with Crippen molar-refractivity contribution in [2.75, 3.05) is 23.4 Å². The van der Waals surface area contributed by atoms with Gasteiger partial charge in [0.25, 0.3) is 0 Å². The number of hydrogen-bond donors (Lipinski definition) is 2. The number of halogens is 1. The first kappa shape index (κ1) is 18.1. The molecule has 134 valence electrons. The Bertz CT molecular complexity index is 1070. The third kappa shape index (κ3) is 4.27. The molecule has 2 aromatic carbocycles. The Morgan fingerprint density at radius 3 is 2.54 bits per heavy atom. The highest BCUT2D eigenvalue weighted by Gasteiger charge is 2.12. The lowest BCUT2D eigenvalue weighted by atomic mass is 10.2. The topological polar surface area (TPSA) is 101 Å². The van der Waals surface area contributed by atoms with Crippen LogP contribution in [0.15, 0.2) is 53.7 Å².